The number of hydrogen-bond acceptors (Lipinski definition) is 7. The van der Waals surface area contributed by atoms with Crippen molar-refractivity contribution >= 4 is 39.1 Å². The van der Waals surface area contributed by atoms with Crippen LogP contribution in [0.3, 0.4) is 0 Å². The lowest BCUT2D eigenvalue weighted by atomic mass is 9.82. The van der Waals surface area contributed by atoms with Crippen molar-refractivity contribution in [1.82, 2.24) is 15.5 Å². The fourth-order valence-electron chi connectivity index (χ4n) is 7.96. The Morgan fingerprint density at radius 2 is 1.69 bits per heavy atom. The molecule has 1 aromatic carbocycles. The fourth-order valence-corrected chi connectivity index (χ4v) is 9.29. The number of piperidine rings is 1. The summed E-state index contributed by atoms with van der Waals surface area (Å²) < 4.78 is 25.4. The maximum absolute atomic E-state index is 14.4. The number of rotatable bonds is 16. The predicted molar refractivity (Wildman–Crippen MR) is 188 cm³/mol. The molecule has 1 saturated heterocycles. The molecular formula is C38H55N3O7S. The molecule has 0 bridgehead atoms. The molecule has 49 heavy (non-hydrogen) atoms. The van der Waals surface area contributed by atoms with E-state index in [1.54, 1.807) is 29.2 Å². The van der Waals surface area contributed by atoms with Gasteiger partial charge in [0.25, 0.3) is 0 Å². The molecule has 1 unspecified atom stereocenters. The van der Waals surface area contributed by atoms with Crippen LogP contribution in [0.15, 0.2) is 47.9 Å². The number of carbonyl (C=O) groups is 5. The molecule has 2 aliphatic carbocycles. The normalized spacial score (nSPS) is 23.1. The highest BCUT2D eigenvalue weighted by molar-refractivity contribution is 7.91. The number of urea groups is 1. The second-order valence-corrected chi connectivity index (χ2v) is 18.0. The highest BCUT2D eigenvalue weighted by Gasteiger charge is 2.69. The minimum atomic E-state index is -3.60. The Labute approximate surface area is 292 Å². The van der Waals surface area contributed by atoms with Crippen molar-refractivity contribution < 1.29 is 32.4 Å². The molecule has 1 aromatic rings. The summed E-state index contributed by atoms with van der Waals surface area (Å²) in [5.41, 5.74) is -0.655. The van der Waals surface area contributed by atoms with E-state index in [-0.39, 0.29) is 71.2 Å². The van der Waals surface area contributed by atoms with Crippen LogP contribution in [-0.4, -0.2) is 72.5 Å². The minimum absolute atomic E-state index is 0.00881. The average Bonchev–Trinajstić information content (AvgIpc) is 3.35. The van der Waals surface area contributed by atoms with Gasteiger partial charge in [-0.3, -0.25) is 19.2 Å². The molecule has 3 fully saturated rings. The first kappa shape index (κ1) is 38.5. The third kappa shape index (κ3) is 9.47. The second kappa shape index (κ2) is 15.7. The number of likely N-dealkylation sites (tertiary alicyclic amines) is 1. The zero-order valence-corrected chi connectivity index (χ0v) is 30.7. The Hall–Kier alpha value is -3.34. The SMILES string of the molecule is C=CCCC(CC(=O)[C@@H]1[C@@H]2[C@H](CN1C(=O)[C@@H](NC(=O)NC(C)(C)C)C1CCCCC1)C2(C)C)C(=O)C(=O)CCCS(=O)(=O)c1ccccc1. The molecule has 11 heteroatoms. The Balaban J connectivity index is 1.49. The van der Waals surface area contributed by atoms with Gasteiger partial charge >= 0.3 is 6.03 Å². The maximum atomic E-state index is 14.4. The van der Waals surface area contributed by atoms with E-state index in [1.807, 2.05) is 20.8 Å². The van der Waals surface area contributed by atoms with E-state index in [0.29, 0.717) is 13.0 Å². The van der Waals surface area contributed by atoms with Crippen LogP contribution < -0.4 is 10.6 Å². The molecule has 3 aliphatic rings. The molecular weight excluding hydrogens is 642 g/mol. The lowest BCUT2D eigenvalue weighted by Crippen LogP contribution is -2.59. The van der Waals surface area contributed by atoms with Gasteiger partial charge in [0.05, 0.1) is 16.7 Å². The average molecular weight is 698 g/mol. The molecule has 1 heterocycles. The summed E-state index contributed by atoms with van der Waals surface area (Å²) in [4.78, 5) is 70.1. The van der Waals surface area contributed by atoms with Gasteiger partial charge in [-0.15, -0.1) is 6.58 Å². The van der Waals surface area contributed by atoms with Crippen molar-refractivity contribution in [2.45, 2.75) is 121 Å². The molecule has 1 aliphatic heterocycles. The molecule has 0 aromatic heterocycles. The van der Waals surface area contributed by atoms with Crippen LogP contribution >= 0.6 is 0 Å². The van der Waals surface area contributed by atoms with Crippen LogP contribution in [0.2, 0.25) is 0 Å². The lowest BCUT2D eigenvalue weighted by Gasteiger charge is -2.37. The molecule has 0 radical (unpaired) electrons. The molecule has 0 spiro atoms. The van der Waals surface area contributed by atoms with Gasteiger partial charge in [0.2, 0.25) is 11.7 Å². The van der Waals surface area contributed by atoms with Crippen molar-refractivity contribution in [3.05, 3.63) is 43.0 Å². The topological polar surface area (TPSA) is 147 Å². The first-order chi connectivity index (χ1) is 23.0. The summed E-state index contributed by atoms with van der Waals surface area (Å²) in [6, 6.07) is 6.02. The first-order valence-electron chi connectivity index (χ1n) is 17.9. The van der Waals surface area contributed by atoms with Crippen molar-refractivity contribution in [3.8, 4) is 0 Å². The van der Waals surface area contributed by atoms with E-state index < -0.39 is 51.0 Å². The summed E-state index contributed by atoms with van der Waals surface area (Å²) >= 11 is 0. The van der Waals surface area contributed by atoms with E-state index in [1.165, 1.54) is 12.1 Å². The molecule has 10 nitrogen and oxygen atoms in total. The number of hydrogen-bond donors (Lipinski definition) is 2. The summed E-state index contributed by atoms with van der Waals surface area (Å²) in [5, 5.41) is 5.87. The number of nitrogens with one attached hydrogen (secondary N) is 2. The van der Waals surface area contributed by atoms with Crippen molar-refractivity contribution in [3.63, 3.8) is 0 Å². The van der Waals surface area contributed by atoms with Crippen molar-refractivity contribution in [1.29, 1.82) is 0 Å². The number of carbonyl (C=O) groups excluding carboxylic acids is 5. The molecule has 5 atom stereocenters. The number of amides is 3. The molecule has 4 rings (SSSR count). The molecule has 2 N–H and O–H groups in total. The number of nitrogens with zero attached hydrogens (tertiary/aromatic N) is 1. The van der Waals surface area contributed by atoms with E-state index >= 15 is 0 Å². The van der Waals surface area contributed by atoms with Crippen LogP contribution in [0.25, 0.3) is 0 Å². The monoisotopic (exact) mass is 697 g/mol. The summed E-state index contributed by atoms with van der Waals surface area (Å²) in [7, 11) is -3.60. The summed E-state index contributed by atoms with van der Waals surface area (Å²) in [6.45, 7) is 13.9. The maximum Gasteiger partial charge on any atom is 0.315 e. The second-order valence-electron chi connectivity index (χ2n) is 15.9. The van der Waals surface area contributed by atoms with Crippen LogP contribution in [-0.2, 0) is 29.0 Å². The van der Waals surface area contributed by atoms with Gasteiger partial charge in [-0.2, -0.15) is 0 Å². The Morgan fingerprint density at radius 1 is 1.04 bits per heavy atom. The Morgan fingerprint density at radius 3 is 2.31 bits per heavy atom. The minimum Gasteiger partial charge on any atom is -0.334 e. The number of Topliss-reactive ketones (excluding diaryl/α,β-unsaturated/α-hetero) is 3. The highest BCUT2D eigenvalue weighted by atomic mass is 32.2. The van der Waals surface area contributed by atoms with E-state index in [4.69, 9.17) is 0 Å². The summed E-state index contributed by atoms with van der Waals surface area (Å²) in [6.07, 6.45) is 6.50. The largest absolute Gasteiger partial charge is 0.334 e. The van der Waals surface area contributed by atoms with Gasteiger partial charge < -0.3 is 15.5 Å². The standard InChI is InChI=1S/C38H55N3O7S/c1-7-8-16-26(34(44)29(42)21-15-22-49(47,48)27-19-13-10-14-20-27)23-30(43)33-31-28(38(31,5)6)24-41(33)35(45)32(25-17-11-9-12-18-25)39-36(46)40-37(2,3)4/h7,10,13-14,19-20,25-26,28,31-33H,1,8-9,11-12,15-18,21-24H2,2-6H3,(H2,39,40,46)/t26?,28-,31-,32-,33+/m0/s1. The van der Waals surface area contributed by atoms with Gasteiger partial charge in [-0.25, -0.2) is 13.2 Å². The number of fused-ring (bicyclic) bond motifs is 1. The van der Waals surface area contributed by atoms with Gasteiger partial charge in [0, 0.05) is 30.8 Å². The van der Waals surface area contributed by atoms with Crippen LogP contribution in [0.5, 0.6) is 0 Å². The van der Waals surface area contributed by atoms with E-state index in [9.17, 15) is 32.4 Å². The van der Waals surface area contributed by atoms with E-state index in [2.05, 4.69) is 31.1 Å². The third-order valence-corrected chi connectivity index (χ3v) is 12.5. The first-order valence-corrected chi connectivity index (χ1v) is 19.5. The zero-order chi connectivity index (χ0) is 36.1. The number of benzene rings is 1. The predicted octanol–water partition coefficient (Wildman–Crippen LogP) is 5.45. The fraction of sp³-hybridized carbons (Fsp3) is 0.658. The highest BCUT2D eigenvalue weighted by Crippen LogP contribution is 2.65. The Bertz CT molecular complexity index is 1510. The van der Waals surface area contributed by atoms with Crippen molar-refractivity contribution in [2.24, 2.45) is 29.1 Å². The molecule has 2 saturated carbocycles. The van der Waals surface area contributed by atoms with Gasteiger partial charge in [0.15, 0.2) is 21.4 Å². The van der Waals surface area contributed by atoms with Crippen LogP contribution in [0, 0.1) is 29.1 Å². The number of ketones is 3. The number of sulfone groups is 1. The lowest BCUT2D eigenvalue weighted by molar-refractivity contribution is -0.144. The molecule has 270 valence electrons. The van der Waals surface area contributed by atoms with Gasteiger partial charge in [0.1, 0.15) is 6.04 Å². The summed E-state index contributed by atoms with van der Waals surface area (Å²) in [5.74, 6) is -3.06. The van der Waals surface area contributed by atoms with Crippen LogP contribution in [0.1, 0.15) is 98.8 Å². The number of allylic oxidation sites excluding steroid dienone is 1. The van der Waals surface area contributed by atoms with Crippen molar-refractivity contribution in [2.75, 3.05) is 12.3 Å². The van der Waals surface area contributed by atoms with Gasteiger partial charge in [-0.1, -0.05) is 57.4 Å². The van der Waals surface area contributed by atoms with Gasteiger partial charge in [-0.05, 0) is 88.2 Å². The zero-order valence-electron chi connectivity index (χ0n) is 29.8. The smallest absolute Gasteiger partial charge is 0.315 e. The quantitative estimate of drug-likeness (QED) is 0.173. The molecule has 3 amide bonds. The third-order valence-electron chi connectivity index (χ3n) is 10.7. The Kier molecular flexibility index (Phi) is 12.3. The van der Waals surface area contributed by atoms with Crippen LogP contribution in [0.4, 0.5) is 4.79 Å². The van der Waals surface area contributed by atoms with E-state index in [0.717, 1.165) is 32.1 Å².